The highest BCUT2D eigenvalue weighted by Crippen LogP contribution is 2.37. The molecule has 0 radical (unpaired) electrons. The van der Waals surface area contributed by atoms with Crippen LogP contribution in [0.1, 0.15) is 10.4 Å². The lowest BCUT2D eigenvalue weighted by Crippen LogP contribution is -2.09. The van der Waals surface area contributed by atoms with Crippen molar-refractivity contribution in [3.05, 3.63) is 79.4 Å². The van der Waals surface area contributed by atoms with E-state index >= 15 is 0 Å². The fraction of sp³-hybridized carbons (Fsp3) is 0.0952. The molecular weight excluding hydrogens is 462 g/mol. The summed E-state index contributed by atoms with van der Waals surface area (Å²) in [6.07, 6.45) is 0. The second-order valence-electron chi connectivity index (χ2n) is 7.13. The van der Waals surface area contributed by atoms with Crippen molar-refractivity contribution >= 4 is 39.0 Å². The summed E-state index contributed by atoms with van der Waals surface area (Å²) >= 11 is 2.50. The molecule has 0 atom stereocenters. The van der Waals surface area contributed by atoms with E-state index in [-0.39, 0.29) is 17.1 Å². The maximum absolute atomic E-state index is 12.6. The lowest BCUT2D eigenvalue weighted by atomic mass is 10.1. The van der Waals surface area contributed by atoms with Crippen molar-refractivity contribution in [3.63, 3.8) is 0 Å². The Kier molecular flexibility index (Phi) is 5.23. The third kappa shape index (κ3) is 3.79. The van der Waals surface area contributed by atoms with Gasteiger partial charge in [0.1, 0.15) is 10.7 Å². The minimum Gasteiger partial charge on any atom is -0.306 e. The van der Waals surface area contributed by atoms with E-state index in [1.54, 1.807) is 12.1 Å². The molecule has 0 saturated carbocycles. The zero-order valence-corrected chi connectivity index (χ0v) is 19.0. The number of nitro groups is 1. The summed E-state index contributed by atoms with van der Waals surface area (Å²) in [4.78, 5) is 33.3. The largest absolute Gasteiger partial charge is 0.306 e. The lowest BCUT2D eigenvalue weighted by Gasteiger charge is -2.07. The Balaban J connectivity index is 1.56. The molecule has 5 aromatic rings. The molecular formula is C21H15N7O3S2. The van der Waals surface area contributed by atoms with Crippen molar-refractivity contribution in [1.82, 2.24) is 30.2 Å². The number of aromatic nitrogens is 6. The number of nitro benzene ring substituents is 1. The van der Waals surface area contributed by atoms with Gasteiger partial charge in [0.25, 0.3) is 11.2 Å². The molecule has 164 valence electrons. The Bertz CT molecular complexity index is 1570. The molecule has 0 aliphatic heterocycles. The Hall–Kier alpha value is -3.90. The predicted molar refractivity (Wildman–Crippen MR) is 125 cm³/mol. The monoisotopic (exact) mass is 477 g/mol. The third-order valence-corrected chi connectivity index (χ3v) is 7.21. The van der Waals surface area contributed by atoms with Crippen LogP contribution in [0, 0.1) is 24.0 Å². The number of fused-ring (bicyclic) bond motifs is 1. The standard InChI is InChI=1S/C21H15N7O3S2/c1-11-12(2)32-20-17(11)19(29)22-18(23-20)13-8-9-16(15(10-13)28(30)31)33-21-24-25-26-27(21)14-6-4-3-5-7-14/h3-10H,1-2H3,(H,22,23,29). The number of H-pyrrole nitrogens is 1. The first-order valence-corrected chi connectivity index (χ1v) is 11.4. The van der Waals surface area contributed by atoms with Crippen molar-refractivity contribution in [3.8, 4) is 17.1 Å². The summed E-state index contributed by atoms with van der Waals surface area (Å²) in [5.41, 5.74) is 1.67. The quantitative estimate of drug-likeness (QED) is 0.293. The number of nitrogens with one attached hydrogen (secondary N) is 1. The van der Waals surface area contributed by atoms with E-state index in [9.17, 15) is 14.9 Å². The smallest absolute Gasteiger partial charge is 0.284 e. The van der Waals surface area contributed by atoms with Gasteiger partial charge in [-0.25, -0.2) is 4.98 Å². The highest BCUT2D eigenvalue weighted by atomic mass is 32.2. The molecule has 3 aromatic heterocycles. The molecule has 0 amide bonds. The zero-order valence-electron chi connectivity index (χ0n) is 17.3. The minimum atomic E-state index is -0.474. The molecule has 2 aromatic carbocycles. The molecule has 10 nitrogen and oxygen atoms in total. The maximum Gasteiger partial charge on any atom is 0.284 e. The lowest BCUT2D eigenvalue weighted by molar-refractivity contribution is -0.387. The SMILES string of the molecule is Cc1sc2nc(-c3ccc(Sc4nnnn4-c4ccccc4)c([N+](=O)[O-])c3)[nH]c(=O)c2c1C. The van der Waals surface area contributed by atoms with E-state index in [2.05, 4.69) is 25.5 Å². The van der Waals surface area contributed by atoms with Crippen LogP contribution in [0.5, 0.6) is 0 Å². The molecule has 0 bridgehead atoms. The van der Waals surface area contributed by atoms with E-state index in [4.69, 9.17) is 0 Å². The molecule has 0 fully saturated rings. The summed E-state index contributed by atoms with van der Waals surface area (Å²) in [6, 6.07) is 13.9. The molecule has 0 aliphatic carbocycles. The van der Waals surface area contributed by atoms with Gasteiger partial charge in [-0.1, -0.05) is 18.2 Å². The van der Waals surface area contributed by atoms with E-state index in [1.807, 2.05) is 44.2 Å². The Morgan fingerprint density at radius 3 is 2.70 bits per heavy atom. The number of rotatable bonds is 5. The molecule has 0 spiro atoms. The number of hydrogen-bond acceptors (Lipinski definition) is 9. The average Bonchev–Trinajstić information content (AvgIpc) is 3.38. The van der Waals surface area contributed by atoms with Gasteiger partial charge in [-0.05, 0) is 65.9 Å². The fourth-order valence-corrected chi connectivity index (χ4v) is 5.26. The summed E-state index contributed by atoms with van der Waals surface area (Å²) in [7, 11) is 0. The van der Waals surface area contributed by atoms with Gasteiger partial charge in [-0.2, -0.15) is 4.68 Å². The number of tetrazole rings is 1. The summed E-state index contributed by atoms with van der Waals surface area (Å²) in [6.45, 7) is 3.81. The maximum atomic E-state index is 12.6. The molecule has 1 N–H and O–H groups in total. The molecule has 0 saturated heterocycles. The van der Waals surface area contributed by atoms with Gasteiger partial charge in [0.05, 0.1) is 20.9 Å². The van der Waals surface area contributed by atoms with E-state index in [1.165, 1.54) is 22.1 Å². The Morgan fingerprint density at radius 1 is 1.15 bits per heavy atom. The number of aryl methyl sites for hydroxylation is 2. The first kappa shape index (κ1) is 21.0. The normalized spacial score (nSPS) is 11.2. The highest BCUT2D eigenvalue weighted by molar-refractivity contribution is 7.99. The molecule has 3 heterocycles. The van der Waals surface area contributed by atoms with Gasteiger partial charge in [0.2, 0.25) is 5.16 Å². The van der Waals surface area contributed by atoms with E-state index in [0.717, 1.165) is 27.9 Å². The summed E-state index contributed by atoms with van der Waals surface area (Å²) in [5.74, 6) is 0.280. The number of nitrogens with zero attached hydrogens (tertiary/aromatic N) is 6. The second-order valence-corrected chi connectivity index (χ2v) is 9.34. The van der Waals surface area contributed by atoms with Crippen LogP contribution in [0.2, 0.25) is 0 Å². The van der Waals surface area contributed by atoms with Gasteiger partial charge in [-0.3, -0.25) is 14.9 Å². The van der Waals surface area contributed by atoms with Crippen LogP contribution in [0.25, 0.3) is 27.3 Å². The first-order valence-electron chi connectivity index (χ1n) is 9.73. The fourth-order valence-electron chi connectivity index (χ4n) is 3.36. The second kappa shape index (κ2) is 8.22. The van der Waals surface area contributed by atoms with E-state index < -0.39 is 4.92 Å². The number of para-hydroxylation sites is 1. The van der Waals surface area contributed by atoms with Crippen molar-refractivity contribution in [2.75, 3.05) is 0 Å². The minimum absolute atomic E-state index is 0.138. The Labute approximate surface area is 194 Å². The molecule has 33 heavy (non-hydrogen) atoms. The third-order valence-electron chi connectivity index (χ3n) is 5.11. The summed E-state index contributed by atoms with van der Waals surface area (Å²) in [5, 5.41) is 24.5. The number of hydrogen-bond donors (Lipinski definition) is 1. The number of benzene rings is 2. The van der Waals surface area contributed by atoms with Crippen LogP contribution in [-0.2, 0) is 0 Å². The number of thiophene rings is 1. The highest BCUT2D eigenvalue weighted by Gasteiger charge is 2.21. The van der Waals surface area contributed by atoms with Crippen LogP contribution in [0.3, 0.4) is 0 Å². The van der Waals surface area contributed by atoms with Gasteiger partial charge in [-0.15, -0.1) is 16.4 Å². The van der Waals surface area contributed by atoms with Gasteiger partial charge >= 0.3 is 0 Å². The van der Waals surface area contributed by atoms with Crippen LogP contribution in [-0.4, -0.2) is 35.1 Å². The van der Waals surface area contributed by atoms with Crippen LogP contribution in [0.4, 0.5) is 5.69 Å². The Morgan fingerprint density at radius 2 is 1.94 bits per heavy atom. The molecule has 5 rings (SSSR count). The zero-order chi connectivity index (χ0) is 23.1. The predicted octanol–water partition coefficient (Wildman–Crippen LogP) is 4.30. The van der Waals surface area contributed by atoms with Gasteiger partial charge in [0.15, 0.2) is 0 Å². The van der Waals surface area contributed by atoms with E-state index in [0.29, 0.717) is 25.8 Å². The van der Waals surface area contributed by atoms with Gasteiger partial charge in [0, 0.05) is 16.5 Å². The summed E-state index contributed by atoms with van der Waals surface area (Å²) < 4.78 is 1.51. The average molecular weight is 478 g/mol. The topological polar surface area (TPSA) is 132 Å². The van der Waals surface area contributed by atoms with Crippen molar-refractivity contribution in [2.24, 2.45) is 0 Å². The van der Waals surface area contributed by atoms with Crippen molar-refractivity contribution in [2.45, 2.75) is 23.9 Å². The van der Waals surface area contributed by atoms with Crippen molar-refractivity contribution in [1.29, 1.82) is 0 Å². The van der Waals surface area contributed by atoms with Gasteiger partial charge < -0.3 is 4.98 Å². The molecule has 12 heteroatoms. The molecule has 0 unspecified atom stereocenters. The first-order chi connectivity index (χ1) is 15.9. The van der Waals surface area contributed by atoms with Crippen LogP contribution >= 0.6 is 23.1 Å². The molecule has 0 aliphatic rings. The van der Waals surface area contributed by atoms with Crippen molar-refractivity contribution < 1.29 is 4.92 Å². The van der Waals surface area contributed by atoms with Crippen LogP contribution < -0.4 is 5.56 Å². The van der Waals surface area contributed by atoms with Crippen LogP contribution in [0.15, 0.2) is 63.4 Å². The number of aromatic amines is 1.